The van der Waals surface area contributed by atoms with Crippen molar-refractivity contribution in [3.63, 3.8) is 0 Å². The maximum Gasteiger partial charge on any atom is 0.323 e. The van der Waals surface area contributed by atoms with Crippen LogP contribution in [0.5, 0.6) is 0 Å². The molecule has 0 saturated heterocycles. The van der Waals surface area contributed by atoms with Gasteiger partial charge in [-0.15, -0.1) is 0 Å². The van der Waals surface area contributed by atoms with E-state index in [-0.39, 0.29) is 5.69 Å². The number of aromatic nitrogens is 4. The van der Waals surface area contributed by atoms with E-state index in [1.165, 1.54) is 11.5 Å². The zero-order chi connectivity index (χ0) is 15.6. The lowest BCUT2D eigenvalue weighted by Crippen LogP contribution is -1.99. The Kier molecular flexibility index (Phi) is 3.39. The highest BCUT2D eigenvalue weighted by molar-refractivity contribution is 7.09. The predicted molar refractivity (Wildman–Crippen MR) is 91.6 cm³/mol. The fraction of sp³-hybridized carbons (Fsp3) is 0.0625. The van der Waals surface area contributed by atoms with Crippen molar-refractivity contribution in [1.82, 2.24) is 19.3 Å². The monoisotopic (exact) mass is 323 g/mol. The number of nitrogens with zero attached hydrogens (tertiary/aromatic N) is 2. The smallest absolute Gasteiger partial charge is 0.323 e. The summed E-state index contributed by atoms with van der Waals surface area (Å²) < 4.78 is 4.37. The molecule has 0 bridgehead atoms. The Morgan fingerprint density at radius 1 is 1.04 bits per heavy atom. The second-order valence-corrected chi connectivity index (χ2v) is 5.85. The predicted octanol–water partition coefficient (Wildman–Crippen LogP) is 2.99. The Morgan fingerprint density at radius 2 is 1.87 bits per heavy atom. The minimum atomic E-state index is -0.193. The van der Waals surface area contributed by atoms with Gasteiger partial charge in [-0.1, -0.05) is 36.4 Å². The summed E-state index contributed by atoms with van der Waals surface area (Å²) in [4.78, 5) is 21.3. The molecule has 0 fully saturated rings. The highest BCUT2D eigenvalue weighted by Gasteiger charge is 2.06. The number of imidazole rings is 1. The summed E-state index contributed by atoms with van der Waals surface area (Å²) in [7, 11) is 0. The molecule has 4 aromatic rings. The number of nitrogens with one attached hydrogen (secondary N) is 3. The van der Waals surface area contributed by atoms with Gasteiger partial charge in [0.2, 0.25) is 5.13 Å². The molecule has 6 nitrogen and oxygen atoms in total. The van der Waals surface area contributed by atoms with Crippen molar-refractivity contribution in [2.75, 3.05) is 5.32 Å². The number of H-pyrrole nitrogens is 2. The number of anilines is 1. The maximum atomic E-state index is 11.3. The van der Waals surface area contributed by atoms with Gasteiger partial charge in [0.05, 0.1) is 11.0 Å². The van der Waals surface area contributed by atoms with Gasteiger partial charge in [-0.2, -0.15) is 9.36 Å². The zero-order valence-electron chi connectivity index (χ0n) is 12.0. The van der Waals surface area contributed by atoms with Crippen LogP contribution in [0.3, 0.4) is 0 Å². The standard InChI is InChI=1S/C16H13N5OS/c22-15-18-12-7-6-10(8-13(12)19-15)9-17-16-20-14(21-23-16)11-4-2-1-3-5-11/h1-8H,9H2,(H,17,20,21)(H2,18,19,22). The van der Waals surface area contributed by atoms with Gasteiger partial charge in [0.1, 0.15) is 0 Å². The molecule has 0 unspecified atom stereocenters. The van der Waals surface area contributed by atoms with Crippen molar-refractivity contribution < 1.29 is 0 Å². The van der Waals surface area contributed by atoms with Crippen LogP contribution in [0, 0.1) is 0 Å². The summed E-state index contributed by atoms with van der Waals surface area (Å²) in [5.41, 5.74) is 3.48. The van der Waals surface area contributed by atoms with Gasteiger partial charge in [-0.25, -0.2) is 4.79 Å². The van der Waals surface area contributed by atoms with Crippen LogP contribution < -0.4 is 11.0 Å². The van der Waals surface area contributed by atoms with Gasteiger partial charge in [-0.05, 0) is 17.7 Å². The molecule has 0 radical (unpaired) electrons. The Bertz CT molecular complexity index is 1000. The third kappa shape index (κ3) is 2.86. The summed E-state index contributed by atoms with van der Waals surface area (Å²) in [6.45, 7) is 0.618. The quantitative estimate of drug-likeness (QED) is 0.539. The fourth-order valence-electron chi connectivity index (χ4n) is 2.37. The first-order chi connectivity index (χ1) is 11.3. The summed E-state index contributed by atoms with van der Waals surface area (Å²) in [5, 5.41) is 4.04. The lowest BCUT2D eigenvalue weighted by Gasteiger charge is -2.02. The molecular weight excluding hydrogens is 310 g/mol. The van der Waals surface area contributed by atoms with Crippen LogP contribution in [0.4, 0.5) is 5.13 Å². The third-order valence-corrected chi connectivity index (χ3v) is 4.15. The first kappa shape index (κ1) is 13.7. The van der Waals surface area contributed by atoms with Crippen molar-refractivity contribution in [1.29, 1.82) is 0 Å². The van der Waals surface area contributed by atoms with E-state index in [1.807, 2.05) is 48.5 Å². The van der Waals surface area contributed by atoms with E-state index in [0.29, 0.717) is 6.54 Å². The van der Waals surface area contributed by atoms with Crippen LogP contribution in [0.1, 0.15) is 5.56 Å². The van der Waals surface area contributed by atoms with Crippen molar-refractivity contribution in [3.8, 4) is 11.4 Å². The Balaban J connectivity index is 1.50. The Labute approximate surface area is 135 Å². The SMILES string of the molecule is O=c1[nH]c2ccc(CNc3nc(-c4ccccc4)ns3)cc2[nH]1. The molecule has 2 aromatic heterocycles. The molecular formula is C16H13N5OS. The van der Waals surface area contributed by atoms with Crippen LogP contribution in [-0.4, -0.2) is 19.3 Å². The molecule has 0 atom stereocenters. The molecule has 0 spiro atoms. The van der Waals surface area contributed by atoms with Gasteiger partial charge in [0, 0.05) is 23.6 Å². The molecule has 7 heteroatoms. The summed E-state index contributed by atoms with van der Waals surface area (Å²) in [6, 6.07) is 15.7. The van der Waals surface area contributed by atoms with E-state index in [0.717, 1.165) is 33.1 Å². The topological polar surface area (TPSA) is 86.5 Å². The first-order valence-corrected chi connectivity index (χ1v) is 7.89. The molecule has 2 heterocycles. The van der Waals surface area contributed by atoms with E-state index in [2.05, 4.69) is 24.6 Å². The molecule has 0 aliphatic carbocycles. The fourth-order valence-corrected chi connectivity index (χ4v) is 2.95. The van der Waals surface area contributed by atoms with Crippen molar-refractivity contribution in [3.05, 3.63) is 64.6 Å². The lowest BCUT2D eigenvalue weighted by molar-refractivity contribution is 1.14. The van der Waals surface area contributed by atoms with Crippen molar-refractivity contribution in [2.24, 2.45) is 0 Å². The molecule has 4 rings (SSSR count). The highest BCUT2D eigenvalue weighted by atomic mass is 32.1. The number of fused-ring (bicyclic) bond motifs is 1. The highest BCUT2D eigenvalue weighted by Crippen LogP contribution is 2.21. The number of rotatable bonds is 4. The second kappa shape index (κ2) is 5.69. The van der Waals surface area contributed by atoms with Gasteiger partial charge < -0.3 is 15.3 Å². The van der Waals surface area contributed by atoms with Gasteiger partial charge in [0.25, 0.3) is 0 Å². The summed E-state index contributed by atoms with van der Waals surface area (Å²) in [5.74, 6) is 0.725. The molecule has 2 aromatic carbocycles. The van der Waals surface area contributed by atoms with Gasteiger partial charge in [0.15, 0.2) is 5.82 Å². The zero-order valence-corrected chi connectivity index (χ0v) is 12.9. The molecule has 0 aliphatic rings. The third-order valence-electron chi connectivity index (χ3n) is 3.48. The molecule has 3 N–H and O–H groups in total. The minimum Gasteiger partial charge on any atom is -0.356 e. The molecule has 0 aliphatic heterocycles. The van der Waals surface area contributed by atoms with E-state index in [9.17, 15) is 4.79 Å². The maximum absolute atomic E-state index is 11.3. The van der Waals surface area contributed by atoms with E-state index in [4.69, 9.17) is 0 Å². The molecule has 114 valence electrons. The number of hydrogen-bond acceptors (Lipinski definition) is 5. The van der Waals surface area contributed by atoms with Crippen LogP contribution in [-0.2, 0) is 6.54 Å². The average Bonchev–Trinajstić information content (AvgIpc) is 3.18. The van der Waals surface area contributed by atoms with Crippen molar-refractivity contribution in [2.45, 2.75) is 6.54 Å². The van der Waals surface area contributed by atoms with Crippen LogP contribution in [0.2, 0.25) is 0 Å². The largest absolute Gasteiger partial charge is 0.356 e. The summed E-state index contributed by atoms with van der Waals surface area (Å²) >= 11 is 1.34. The Hall–Kier alpha value is -2.93. The normalized spacial score (nSPS) is 11.0. The van der Waals surface area contributed by atoms with Crippen LogP contribution in [0.25, 0.3) is 22.4 Å². The minimum absolute atomic E-state index is 0.193. The average molecular weight is 323 g/mol. The van der Waals surface area contributed by atoms with Gasteiger partial charge >= 0.3 is 5.69 Å². The van der Waals surface area contributed by atoms with Gasteiger partial charge in [-0.3, -0.25) is 0 Å². The number of benzene rings is 2. The second-order valence-electron chi connectivity index (χ2n) is 5.10. The molecule has 0 amide bonds. The first-order valence-electron chi connectivity index (χ1n) is 7.12. The number of aromatic amines is 2. The number of hydrogen-bond donors (Lipinski definition) is 3. The van der Waals surface area contributed by atoms with E-state index >= 15 is 0 Å². The summed E-state index contributed by atoms with van der Waals surface area (Å²) in [6.07, 6.45) is 0. The molecule has 23 heavy (non-hydrogen) atoms. The molecule has 0 saturated carbocycles. The van der Waals surface area contributed by atoms with Crippen molar-refractivity contribution >= 4 is 27.7 Å². The van der Waals surface area contributed by atoms with E-state index in [1.54, 1.807) is 0 Å². The van der Waals surface area contributed by atoms with Crippen LogP contribution in [0.15, 0.2) is 53.3 Å². The van der Waals surface area contributed by atoms with E-state index < -0.39 is 0 Å². The lowest BCUT2D eigenvalue weighted by atomic mass is 10.2. The van der Waals surface area contributed by atoms with Crippen LogP contribution >= 0.6 is 11.5 Å². The Morgan fingerprint density at radius 3 is 2.74 bits per heavy atom.